The van der Waals surface area contributed by atoms with Crippen LogP contribution < -0.4 is 0 Å². The number of benzene rings is 2. The van der Waals surface area contributed by atoms with Crippen LogP contribution in [0.2, 0.25) is 0 Å². The van der Waals surface area contributed by atoms with Crippen LogP contribution in [0.15, 0.2) is 91.3 Å². The van der Waals surface area contributed by atoms with Crippen LogP contribution in [0, 0.1) is 6.07 Å². The molecule has 0 aliphatic carbocycles. The molecule has 0 amide bonds. The molecular weight excluding hydrogens is 738 g/mol. The van der Waals surface area contributed by atoms with Gasteiger partial charge in [-0.15, -0.1) is 35.4 Å². The van der Waals surface area contributed by atoms with Crippen molar-refractivity contribution in [1.29, 1.82) is 0 Å². The Balaban J connectivity index is 0. The fourth-order valence-corrected chi connectivity index (χ4v) is 2.80. The minimum absolute atomic E-state index is 0. The predicted molar refractivity (Wildman–Crippen MR) is 151 cm³/mol. The van der Waals surface area contributed by atoms with E-state index in [2.05, 4.69) is 66.3 Å². The van der Waals surface area contributed by atoms with Crippen molar-refractivity contribution in [2.45, 2.75) is 32.2 Å². The van der Waals surface area contributed by atoms with E-state index in [0.29, 0.717) is 0 Å². The molecular formula is C29H34F3IrN2O5S-. The maximum Gasteiger partial charge on any atom is 0.522 e. The van der Waals surface area contributed by atoms with Crippen LogP contribution in [0.3, 0.4) is 0 Å². The van der Waals surface area contributed by atoms with Crippen molar-refractivity contribution in [1.82, 2.24) is 9.97 Å². The van der Waals surface area contributed by atoms with E-state index in [-0.39, 0.29) is 20.1 Å². The topological polar surface area (TPSA) is 121 Å². The number of aliphatic hydroxyl groups excluding tert-OH is 2. The Morgan fingerprint density at radius 1 is 0.732 bits per heavy atom. The zero-order valence-electron chi connectivity index (χ0n) is 23.0. The van der Waals surface area contributed by atoms with E-state index >= 15 is 0 Å². The van der Waals surface area contributed by atoms with E-state index in [9.17, 15) is 13.2 Å². The summed E-state index contributed by atoms with van der Waals surface area (Å²) in [5.74, 6) is 0. The van der Waals surface area contributed by atoms with E-state index in [4.69, 9.17) is 23.2 Å². The fourth-order valence-electron chi connectivity index (χ4n) is 2.80. The first-order valence-electron chi connectivity index (χ1n) is 11.9. The van der Waals surface area contributed by atoms with Gasteiger partial charge in [-0.3, -0.25) is 9.54 Å². The third-order valence-electron chi connectivity index (χ3n) is 4.84. The SMILES string of the molecule is CCc1c[c-]c(-c2ccccn2)cc1.CCc1ccc(-c2ccccn2)cc1.CO.CO.O=S(=O)(O)C(F)(F)F.[Ir]. The molecule has 0 unspecified atom stereocenters. The summed E-state index contributed by atoms with van der Waals surface area (Å²) in [5.41, 5.74) is 1.40. The van der Waals surface area contributed by atoms with Gasteiger partial charge in [-0.05, 0) is 35.9 Å². The summed E-state index contributed by atoms with van der Waals surface area (Å²) in [6.45, 7) is 4.30. The van der Waals surface area contributed by atoms with E-state index in [1.165, 1.54) is 16.7 Å². The summed E-state index contributed by atoms with van der Waals surface area (Å²) >= 11 is 0. The molecule has 0 aliphatic heterocycles. The number of halogens is 3. The molecule has 41 heavy (non-hydrogen) atoms. The maximum atomic E-state index is 10.7. The van der Waals surface area contributed by atoms with Gasteiger partial charge in [-0.2, -0.15) is 21.6 Å². The molecule has 2 heterocycles. The molecule has 4 aromatic rings. The molecule has 0 spiro atoms. The van der Waals surface area contributed by atoms with E-state index < -0.39 is 15.6 Å². The number of pyridine rings is 2. The Morgan fingerprint density at radius 2 is 1.17 bits per heavy atom. The molecule has 227 valence electrons. The standard InChI is InChI=1S/C13H13N.C13H12N.CHF3O3S.2CH4O.Ir/c2*1-2-11-6-8-12(9-7-11)13-5-3-4-10-14-13;2-1(3,4)8(5,6)7;2*1-2;/h3-10H,2H2,1H3;3-8,10H,2H2,1H3;(H,5,6,7);2*2H,1H3;/q;-1;;;;. The van der Waals surface area contributed by atoms with Crippen molar-refractivity contribution < 1.29 is 56.5 Å². The fraction of sp³-hybridized carbons (Fsp3) is 0.241. The van der Waals surface area contributed by atoms with Crippen molar-refractivity contribution in [2.75, 3.05) is 14.2 Å². The number of aromatic nitrogens is 2. The quantitative estimate of drug-likeness (QED) is 0.132. The van der Waals surface area contributed by atoms with Crippen molar-refractivity contribution >= 4 is 10.1 Å². The predicted octanol–water partition coefficient (Wildman–Crippen LogP) is 6.03. The smallest absolute Gasteiger partial charge is 0.400 e. The van der Waals surface area contributed by atoms with Crippen molar-refractivity contribution in [3.05, 3.63) is 108 Å². The monoisotopic (exact) mass is 772 g/mol. The summed E-state index contributed by atoms with van der Waals surface area (Å²) in [7, 11) is -3.84. The zero-order chi connectivity index (χ0) is 30.6. The van der Waals surface area contributed by atoms with Crippen LogP contribution in [0.25, 0.3) is 22.5 Å². The second-order valence-electron chi connectivity index (χ2n) is 7.37. The van der Waals surface area contributed by atoms with Gasteiger partial charge >= 0.3 is 15.6 Å². The molecule has 12 heteroatoms. The van der Waals surface area contributed by atoms with Crippen LogP contribution in [-0.4, -0.2) is 52.9 Å². The molecule has 0 fully saturated rings. The van der Waals surface area contributed by atoms with Gasteiger partial charge in [0.2, 0.25) is 0 Å². The van der Waals surface area contributed by atoms with Crippen LogP contribution in [-0.2, 0) is 43.1 Å². The van der Waals surface area contributed by atoms with Gasteiger partial charge in [-0.1, -0.05) is 62.7 Å². The molecule has 0 bridgehead atoms. The van der Waals surface area contributed by atoms with Gasteiger partial charge in [0.25, 0.3) is 0 Å². The van der Waals surface area contributed by atoms with Gasteiger partial charge in [0.15, 0.2) is 0 Å². The average Bonchev–Trinajstić information content (AvgIpc) is 3.00. The van der Waals surface area contributed by atoms with E-state index in [1.54, 1.807) is 6.20 Å². The number of hydrogen-bond donors (Lipinski definition) is 3. The normalized spacial score (nSPS) is 9.90. The minimum Gasteiger partial charge on any atom is -0.400 e. The molecule has 2 aromatic heterocycles. The summed E-state index contributed by atoms with van der Waals surface area (Å²) in [5, 5.41) is 14.0. The van der Waals surface area contributed by atoms with E-state index in [1.807, 2.05) is 48.7 Å². The summed E-state index contributed by atoms with van der Waals surface area (Å²) < 4.78 is 57.5. The first-order valence-corrected chi connectivity index (χ1v) is 13.3. The number of hydrogen-bond acceptors (Lipinski definition) is 6. The Morgan fingerprint density at radius 3 is 1.51 bits per heavy atom. The molecule has 1 radical (unpaired) electrons. The Labute approximate surface area is 253 Å². The molecule has 7 nitrogen and oxygen atoms in total. The van der Waals surface area contributed by atoms with Crippen LogP contribution in [0.4, 0.5) is 13.2 Å². The number of alkyl halides is 3. The van der Waals surface area contributed by atoms with Crippen LogP contribution >= 0.6 is 0 Å². The third-order valence-corrected chi connectivity index (χ3v) is 5.43. The zero-order valence-corrected chi connectivity index (χ0v) is 26.2. The number of aliphatic hydroxyl groups is 2. The van der Waals surface area contributed by atoms with E-state index in [0.717, 1.165) is 44.0 Å². The molecule has 0 aliphatic rings. The van der Waals surface area contributed by atoms with Gasteiger partial charge in [0.05, 0.1) is 5.69 Å². The minimum atomic E-state index is -5.84. The third kappa shape index (κ3) is 15.6. The maximum absolute atomic E-state index is 10.7. The Bertz CT molecular complexity index is 1210. The second-order valence-corrected chi connectivity index (χ2v) is 8.78. The van der Waals surface area contributed by atoms with Gasteiger partial charge in [0.1, 0.15) is 0 Å². The van der Waals surface area contributed by atoms with Crippen molar-refractivity contribution in [3.63, 3.8) is 0 Å². The average molecular weight is 772 g/mol. The molecule has 0 saturated heterocycles. The summed E-state index contributed by atoms with van der Waals surface area (Å²) in [6, 6.07) is 29.9. The molecule has 2 aromatic carbocycles. The molecule has 0 atom stereocenters. The Hall–Kier alpha value is -2.99. The van der Waals surface area contributed by atoms with Crippen molar-refractivity contribution in [2.24, 2.45) is 0 Å². The summed E-state index contributed by atoms with van der Waals surface area (Å²) in [6.07, 6.45) is 5.77. The van der Waals surface area contributed by atoms with Crippen LogP contribution in [0.1, 0.15) is 25.0 Å². The number of rotatable bonds is 4. The van der Waals surface area contributed by atoms with Gasteiger partial charge in [0, 0.05) is 52.3 Å². The van der Waals surface area contributed by atoms with Crippen molar-refractivity contribution in [3.8, 4) is 22.5 Å². The second kappa shape index (κ2) is 21.7. The number of aryl methyl sites for hydroxylation is 2. The Kier molecular flexibility index (Phi) is 21.3. The molecule has 4 rings (SSSR count). The number of nitrogens with zero attached hydrogens (tertiary/aromatic N) is 2. The first kappa shape index (κ1) is 40.1. The van der Waals surface area contributed by atoms with Gasteiger partial charge in [-0.25, -0.2) is 0 Å². The molecule has 0 saturated carbocycles. The largest absolute Gasteiger partial charge is 0.522 e. The first-order chi connectivity index (χ1) is 19.0. The summed E-state index contributed by atoms with van der Waals surface area (Å²) in [4.78, 5) is 8.58. The van der Waals surface area contributed by atoms with Crippen LogP contribution in [0.5, 0.6) is 0 Å². The molecule has 3 N–H and O–H groups in total. The van der Waals surface area contributed by atoms with Gasteiger partial charge < -0.3 is 15.2 Å².